The predicted molar refractivity (Wildman–Crippen MR) is 111 cm³/mol. The second-order valence-corrected chi connectivity index (χ2v) is 6.50. The van der Waals surface area contributed by atoms with Crippen LogP contribution in [0, 0.1) is 0 Å². The summed E-state index contributed by atoms with van der Waals surface area (Å²) in [6, 6.07) is 19.1. The van der Waals surface area contributed by atoms with Gasteiger partial charge in [-0.2, -0.15) is 0 Å². The predicted octanol–water partition coefficient (Wildman–Crippen LogP) is 3.48. The van der Waals surface area contributed by atoms with Gasteiger partial charge in [0.25, 0.3) is 11.8 Å². The van der Waals surface area contributed by atoms with E-state index in [1.54, 1.807) is 54.6 Å². The molecule has 3 aromatic rings. The van der Waals surface area contributed by atoms with Crippen LogP contribution in [0.25, 0.3) is 17.4 Å². The van der Waals surface area contributed by atoms with Gasteiger partial charge in [-0.05, 0) is 48.5 Å². The van der Waals surface area contributed by atoms with Gasteiger partial charge in [-0.3, -0.25) is 9.59 Å². The molecular formula is C22H19ClN2O4. The van der Waals surface area contributed by atoms with Crippen LogP contribution >= 0.6 is 11.6 Å². The molecule has 148 valence electrons. The van der Waals surface area contributed by atoms with Crippen molar-refractivity contribution in [1.29, 1.82) is 0 Å². The van der Waals surface area contributed by atoms with Crippen LogP contribution in [-0.2, 0) is 4.79 Å². The molecule has 0 spiro atoms. The zero-order valence-corrected chi connectivity index (χ0v) is 16.1. The summed E-state index contributed by atoms with van der Waals surface area (Å²) in [5.74, 6) is 0.0168. The Hall–Kier alpha value is -3.35. The van der Waals surface area contributed by atoms with Crippen LogP contribution in [0.1, 0.15) is 16.1 Å². The molecule has 0 aliphatic heterocycles. The number of hydrogen-bond donors (Lipinski definition) is 3. The van der Waals surface area contributed by atoms with E-state index >= 15 is 0 Å². The number of carbonyl (C=O) groups excluding carboxylic acids is 2. The highest BCUT2D eigenvalue weighted by Crippen LogP contribution is 2.24. The van der Waals surface area contributed by atoms with E-state index in [-0.39, 0.29) is 18.8 Å². The van der Waals surface area contributed by atoms with E-state index < -0.39 is 11.8 Å². The molecule has 1 heterocycles. The molecule has 3 rings (SSSR count). The Kier molecular flexibility index (Phi) is 6.84. The monoisotopic (exact) mass is 410 g/mol. The van der Waals surface area contributed by atoms with E-state index in [1.807, 2.05) is 12.1 Å². The number of hydrogen-bond acceptors (Lipinski definition) is 4. The van der Waals surface area contributed by atoms with E-state index in [1.165, 1.54) is 6.08 Å². The van der Waals surface area contributed by atoms with Gasteiger partial charge in [0, 0.05) is 28.8 Å². The van der Waals surface area contributed by atoms with Gasteiger partial charge in [-0.25, -0.2) is 0 Å². The molecule has 0 atom stereocenters. The highest BCUT2D eigenvalue weighted by atomic mass is 35.5. The fourth-order valence-corrected chi connectivity index (χ4v) is 2.68. The summed E-state index contributed by atoms with van der Waals surface area (Å²) < 4.78 is 5.78. The van der Waals surface area contributed by atoms with Crippen LogP contribution in [0.2, 0.25) is 5.02 Å². The molecule has 2 aromatic carbocycles. The number of aliphatic hydroxyl groups is 1. The minimum atomic E-state index is -0.534. The van der Waals surface area contributed by atoms with Crippen molar-refractivity contribution in [3.05, 3.63) is 88.8 Å². The third kappa shape index (κ3) is 5.57. The van der Waals surface area contributed by atoms with Crippen molar-refractivity contribution >= 4 is 29.5 Å². The van der Waals surface area contributed by atoms with Crippen LogP contribution in [0.3, 0.4) is 0 Å². The SMILES string of the molecule is O=C(NCCO)/C(=C/c1ccc(-c2ccc(Cl)cc2)o1)NC(=O)c1ccccc1. The van der Waals surface area contributed by atoms with Crippen molar-refractivity contribution in [2.24, 2.45) is 0 Å². The summed E-state index contributed by atoms with van der Waals surface area (Å²) in [4.78, 5) is 24.9. The lowest BCUT2D eigenvalue weighted by Gasteiger charge is -2.10. The van der Waals surface area contributed by atoms with Crippen molar-refractivity contribution < 1.29 is 19.1 Å². The molecule has 2 amide bonds. The lowest BCUT2D eigenvalue weighted by Crippen LogP contribution is -2.36. The van der Waals surface area contributed by atoms with Gasteiger partial charge in [0.1, 0.15) is 17.2 Å². The Bertz CT molecular complexity index is 1010. The molecule has 0 fully saturated rings. The first-order chi connectivity index (χ1) is 14.1. The highest BCUT2D eigenvalue weighted by Gasteiger charge is 2.15. The number of aliphatic hydroxyl groups excluding tert-OH is 1. The summed E-state index contributed by atoms with van der Waals surface area (Å²) in [5.41, 5.74) is 1.24. The maximum absolute atomic E-state index is 12.5. The van der Waals surface area contributed by atoms with E-state index in [9.17, 15) is 9.59 Å². The van der Waals surface area contributed by atoms with Crippen LogP contribution in [0.15, 0.2) is 76.8 Å². The minimum Gasteiger partial charge on any atom is -0.457 e. The molecule has 0 saturated heterocycles. The molecule has 0 aliphatic rings. The first kappa shape index (κ1) is 20.4. The molecule has 0 saturated carbocycles. The number of benzene rings is 2. The lowest BCUT2D eigenvalue weighted by atomic mass is 10.2. The summed E-state index contributed by atoms with van der Waals surface area (Å²) in [5, 5.41) is 14.7. The van der Waals surface area contributed by atoms with Crippen LogP contribution in [0.4, 0.5) is 0 Å². The van der Waals surface area contributed by atoms with E-state index in [0.717, 1.165) is 5.56 Å². The molecular weight excluding hydrogens is 392 g/mol. The Labute approximate surface area is 172 Å². The van der Waals surface area contributed by atoms with Gasteiger partial charge in [0.15, 0.2) is 0 Å². The van der Waals surface area contributed by atoms with E-state index in [2.05, 4.69) is 10.6 Å². The maximum atomic E-state index is 12.5. The lowest BCUT2D eigenvalue weighted by molar-refractivity contribution is -0.117. The number of amides is 2. The largest absolute Gasteiger partial charge is 0.457 e. The molecule has 6 nitrogen and oxygen atoms in total. The zero-order valence-electron chi connectivity index (χ0n) is 15.4. The maximum Gasteiger partial charge on any atom is 0.268 e. The van der Waals surface area contributed by atoms with Crippen molar-refractivity contribution in [2.45, 2.75) is 0 Å². The first-order valence-electron chi connectivity index (χ1n) is 8.90. The number of carbonyl (C=O) groups is 2. The number of rotatable bonds is 7. The molecule has 0 bridgehead atoms. The Morgan fingerprint density at radius 3 is 2.41 bits per heavy atom. The quantitative estimate of drug-likeness (QED) is 0.520. The van der Waals surface area contributed by atoms with Crippen LogP contribution in [-0.4, -0.2) is 30.1 Å². The fourth-order valence-electron chi connectivity index (χ4n) is 2.55. The molecule has 1 aromatic heterocycles. The van der Waals surface area contributed by atoms with Gasteiger partial charge in [-0.15, -0.1) is 0 Å². The number of furan rings is 1. The smallest absolute Gasteiger partial charge is 0.268 e. The fraction of sp³-hybridized carbons (Fsp3) is 0.0909. The van der Waals surface area contributed by atoms with Crippen molar-refractivity contribution in [1.82, 2.24) is 10.6 Å². The second kappa shape index (κ2) is 9.73. The molecule has 29 heavy (non-hydrogen) atoms. The van der Waals surface area contributed by atoms with Gasteiger partial charge in [0.2, 0.25) is 0 Å². The van der Waals surface area contributed by atoms with Crippen LogP contribution < -0.4 is 10.6 Å². The Morgan fingerprint density at radius 2 is 1.72 bits per heavy atom. The van der Waals surface area contributed by atoms with Gasteiger partial charge in [0.05, 0.1) is 6.61 Å². The summed E-state index contributed by atoms with van der Waals surface area (Å²) in [6.07, 6.45) is 1.44. The van der Waals surface area contributed by atoms with E-state index in [0.29, 0.717) is 22.1 Å². The molecule has 0 radical (unpaired) electrons. The highest BCUT2D eigenvalue weighted by molar-refractivity contribution is 6.30. The number of halogens is 1. The Morgan fingerprint density at radius 1 is 1.00 bits per heavy atom. The average Bonchev–Trinajstić information content (AvgIpc) is 3.21. The van der Waals surface area contributed by atoms with Gasteiger partial charge in [-0.1, -0.05) is 29.8 Å². The van der Waals surface area contributed by atoms with Gasteiger partial charge >= 0.3 is 0 Å². The molecule has 7 heteroatoms. The summed E-state index contributed by atoms with van der Waals surface area (Å²) in [6.45, 7) is -0.154. The Balaban J connectivity index is 1.85. The van der Waals surface area contributed by atoms with E-state index in [4.69, 9.17) is 21.1 Å². The van der Waals surface area contributed by atoms with Crippen molar-refractivity contribution in [3.63, 3.8) is 0 Å². The normalized spacial score (nSPS) is 11.2. The second-order valence-electron chi connectivity index (χ2n) is 6.07. The standard InChI is InChI=1S/C22H19ClN2O4/c23-17-8-6-15(7-9-17)20-11-10-18(29-20)14-19(22(28)24-12-13-26)25-21(27)16-4-2-1-3-5-16/h1-11,14,26H,12-13H2,(H,24,28)(H,25,27)/b19-14-. The third-order valence-electron chi connectivity index (χ3n) is 3.97. The van der Waals surface area contributed by atoms with Crippen LogP contribution in [0.5, 0.6) is 0 Å². The third-order valence-corrected chi connectivity index (χ3v) is 4.22. The summed E-state index contributed by atoms with van der Waals surface area (Å²) in [7, 11) is 0. The molecule has 0 aliphatic carbocycles. The number of nitrogens with one attached hydrogen (secondary N) is 2. The molecule has 3 N–H and O–H groups in total. The van der Waals surface area contributed by atoms with Gasteiger partial charge < -0.3 is 20.2 Å². The first-order valence-corrected chi connectivity index (χ1v) is 9.27. The van der Waals surface area contributed by atoms with Crippen molar-refractivity contribution in [3.8, 4) is 11.3 Å². The zero-order chi connectivity index (χ0) is 20.6. The minimum absolute atomic E-state index is 0.00399. The van der Waals surface area contributed by atoms with Crippen molar-refractivity contribution in [2.75, 3.05) is 13.2 Å². The topological polar surface area (TPSA) is 91.6 Å². The molecule has 0 unspecified atom stereocenters. The summed E-state index contributed by atoms with van der Waals surface area (Å²) >= 11 is 5.91. The average molecular weight is 411 g/mol.